The summed E-state index contributed by atoms with van der Waals surface area (Å²) in [4.78, 5) is 14.3. The summed E-state index contributed by atoms with van der Waals surface area (Å²) >= 11 is 0. The molecule has 3 nitrogen and oxygen atoms in total. The molecule has 0 fully saturated rings. The van der Waals surface area contributed by atoms with Crippen LogP contribution in [0.4, 0.5) is 0 Å². The van der Waals surface area contributed by atoms with Crippen molar-refractivity contribution in [3.63, 3.8) is 0 Å². The topological polar surface area (TPSA) is 29.5 Å². The Bertz CT molecular complexity index is 645. The SMILES string of the molecule is CN(C)CCCCOc1ccc(C(=O)/C=C/c2ccccc2)cc1. The molecule has 0 bridgehead atoms. The highest BCUT2D eigenvalue weighted by atomic mass is 16.5. The van der Waals surface area contributed by atoms with Gasteiger partial charge < -0.3 is 9.64 Å². The molecule has 0 heterocycles. The lowest BCUT2D eigenvalue weighted by molar-refractivity contribution is 0.104. The zero-order valence-electron chi connectivity index (χ0n) is 14.4. The van der Waals surface area contributed by atoms with Crippen LogP contribution in [-0.2, 0) is 0 Å². The number of ketones is 1. The zero-order chi connectivity index (χ0) is 17.2. The Morgan fingerprint density at radius 3 is 2.38 bits per heavy atom. The Morgan fingerprint density at radius 2 is 1.71 bits per heavy atom. The monoisotopic (exact) mass is 323 g/mol. The van der Waals surface area contributed by atoms with Gasteiger partial charge in [-0.2, -0.15) is 0 Å². The third kappa shape index (κ3) is 6.39. The second kappa shape index (κ2) is 9.68. The number of carbonyl (C=O) groups is 1. The van der Waals surface area contributed by atoms with Crippen molar-refractivity contribution in [2.75, 3.05) is 27.2 Å². The quantitative estimate of drug-likeness (QED) is 0.391. The molecule has 0 atom stereocenters. The smallest absolute Gasteiger partial charge is 0.185 e. The van der Waals surface area contributed by atoms with Gasteiger partial charge in [0, 0.05) is 5.56 Å². The van der Waals surface area contributed by atoms with Crippen molar-refractivity contribution in [1.29, 1.82) is 0 Å². The molecule has 0 aliphatic carbocycles. The lowest BCUT2D eigenvalue weighted by Crippen LogP contribution is -2.13. The molecule has 3 heteroatoms. The number of ether oxygens (including phenoxy) is 1. The minimum Gasteiger partial charge on any atom is -0.494 e. The van der Waals surface area contributed by atoms with Crippen LogP contribution >= 0.6 is 0 Å². The Morgan fingerprint density at radius 1 is 1.00 bits per heavy atom. The molecule has 0 radical (unpaired) electrons. The molecule has 126 valence electrons. The maximum absolute atomic E-state index is 12.2. The molecule has 0 unspecified atom stereocenters. The molecule has 0 saturated carbocycles. The minimum atomic E-state index is -0.00335. The van der Waals surface area contributed by atoms with E-state index in [0.717, 1.165) is 30.7 Å². The molecule has 2 aromatic carbocycles. The Hall–Kier alpha value is -2.39. The number of nitrogens with zero attached hydrogens (tertiary/aromatic N) is 1. The fraction of sp³-hybridized carbons (Fsp3) is 0.286. The van der Waals surface area contributed by atoms with Crippen LogP contribution in [0.2, 0.25) is 0 Å². The predicted molar refractivity (Wildman–Crippen MR) is 99.5 cm³/mol. The molecule has 2 aromatic rings. The largest absolute Gasteiger partial charge is 0.494 e. The number of unbranched alkanes of at least 4 members (excludes halogenated alkanes) is 1. The fourth-order valence-corrected chi connectivity index (χ4v) is 2.27. The average Bonchev–Trinajstić information content (AvgIpc) is 2.60. The first-order chi connectivity index (χ1) is 11.6. The van der Waals surface area contributed by atoms with Crippen molar-refractivity contribution < 1.29 is 9.53 Å². The van der Waals surface area contributed by atoms with Gasteiger partial charge in [-0.15, -0.1) is 0 Å². The maximum Gasteiger partial charge on any atom is 0.185 e. The Kier molecular flexibility index (Phi) is 7.24. The van der Waals surface area contributed by atoms with E-state index in [1.54, 1.807) is 6.08 Å². The highest BCUT2D eigenvalue weighted by Crippen LogP contribution is 2.14. The van der Waals surface area contributed by atoms with Crippen LogP contribution in [0.1, 0.15) is 28.8 Å². The van der Waals surface area contributed by atoms with E-state index in [2.05, 4.69) is 19.0 Å². The van der Waals surface area contributed by atoms with E-state index in [1.165, 1.54) is 0 Å². The van der Waals surface area contributed by atoms with E-state index in [0.29, 0.717) is 12.2 Å². The van der Waals surface area contributed by atoms with Gasteiger partial charge in [0.15, 0.2) is 5.78 Å². The first-order valence-corrected chi connectivity index (χ1v) is 8.30. The third-order valence-corrected chi connectivity index (χ3v) is 3.63. The number of allylic oxidation sites excluding steroid dienone is 1. The summed E-state index contributed by atoms with van der Waals surface area (Å²) in [5.74, 6) is 0.805. The van der Waals surface area contributed by atoms with Gasteiger partial charge in [0.2, 0.25) is 0 Å². The number of carbonyl (C=O) groups excluding carboxylic acids is 1. The van der Waals surface area contributed by atoms with Crippen LogP contribution in [0, 0.1) is 0 Å². The second-order valence-electron chi connectivity index (χ2n) is 5.99. The Balaban J connectivity index is 1.80. The summed E-state index contributed by atoms with van der Waals surface area (Å²) in [6.45, 7) is 1.78. The lowest BCUT2D eigenvalue weighted by atomic mass is 10.1. The zero-order valence-corrected chi connectivity index (χ0v) is 14.4. The summed E-state index contributed by atoms with van der Waals surface area (Å²) in [6, 6.07) is 17.1. The van der Waals surface area contributed by atoms with Crippen molar-refractivity contribution in [1.82, 2.24) is 4.90 Å². The van der Waals surface area contributed by atoms with Crippen molar-refractivity contribution in [2.24, 2.45) is 0 Å². The number of benzene rings is 2. The molecule has 0 aliphatic rings. The van der Waals surface area contributed by atoms with E-state index in [1.807, 2.05) is 60.7 Å². The molecular weight excluding hydrogens is 298 g/mol. The molecule has 24 heavy (non-hydrogen) atoms. The van der Waals surface area contributed by atoms with Crippen molar-refractivity contribution >= 4 is 11.9 Å². The van der Waals surface area contributed by atoms with Gasteiger partial charge in [0.05, 0.1) is 6.61 Å². The van der Waals surface area contributed by atoms with Crippen LogP contribution in [-0.4, -0.2) is 37.9 Å². The van der Waals surface area contributed by atoms with Gasteiger partial charge in [-0.05, 0) is 69.4 Å². The fourth-order valence-electron chi connectivity index (χ4n) is 2.27. The van der Waals surface area contributed by atoms with Crippen LogP contribution < -0.4 is 4.74 Å². The normalized spacial score (nSPS) is 11.1. The summed E-state index contributed by atoms with van der Waals surface area (Å²) in [6.07, 6.45) is 5.58. The average molecular weight is 323 g/mol. The van der Waals surface area contributed by atoms with E-state index >= 15 is 0 Å². The van der Waals surface area contributed by atoms with Crippen molar-refractivity contribution in [3.8, 4) is 5.75 Å². The first-order valence-electron chi connectivity index (χ1n) is 8.30. The Labute approximate surface area is 144 Å². The van der Waals surface area contributed by atoms with Gasteiger partial charge in [0.25, 0.3) is 0 Å². The lowest BCUT2D eigenvalue weighted by Gasteiger charge is -2.10. The molecule has 0 saturated heterocycles. The second-order valence-corrected chi connectivity index (χ2v) is 5.99. The standard InChI is InChI=1S/C21H25NO2/c1-22(2)16-6-7-17-24-20-13-11-19(12-14-20)21(23)15-10-18-8-4-3-5-9-18/h3-5,8-15H,6-7,16-17H2,1-2H3/b15-10+. The van der Waals surface area contributed by atoms with Gasteiger partial charge in [0.1, 0.15) is 5.75 Å². The van der Waals surface area contributed by atoms with Crippen LogP contribution in [0.15, 0.2) is 60.7 Å². The van der Waals surface area contributed by atoms with Crippen LogP contribution in [0.3, 0.4) is 0 Å². The minimum absolute atomic E-state index is 0.00335. The highest BCUT2D eigenvalue weighted by Gasteiger charge is 2.02. The van der Waals surface area contributed by atoms with Gasteiger partial charge >= 0.3 is 0 Å². The van der Waals surface area contributed by atoms with Crippen LogP contribution in [0.25, 0.3) is 6.08 Å². The molecule has 0 aliphatic heterocycles. The van der Waals surface area contributed by atoms with Crippen molar-refractivity contribution in [3.05, 3.63) is 71.8 Å². The van der Waals surface area contributed by atoms with Gasteiger partial charge in [-0.1, -0.05) is 36.4 Å². The maximum atomic E-state index is 12.2. The van der Waals surface area contributed by atoms with Gasteiger partial charge in [-0.3, -0.25) is 4.79 Å². The molecular formula is C21H25NO2. The van der Waals surface area contributed by atoms with E-state index < -0.39 is 0 Å². The van der Waals surface area contributed by atoms with Crippen LogP contribution in [0.5, 0.6) is 5.75 Å². The van der Waals surface area contributed by atoms with E-state index in [9.17, 15) is 4.79 Å². The highest BCUT2D eigenvalue weighted by molar-refractivity contribution is 6.06. The molecule has 2 rings (SSSR count). The molecule has 0 N–H and O–H groups in total. The summed E-state index contributed by atoms with van der Waals surface area (Å²) in [7, 11) is 4.14. The number of hydrogen-bond donors (Lipinski definition) is 0. The molecule has 0 amide bonds. The summed E-state index contributed by atoms with van der Waals surface area (Å²) < 4.78 is 5.70. The van der Waals surface area contributed by atoms with E-state index in [4.69, 9.17) is 4.74 Å². The number of hydrogen-bond acceptors (Lipinski definition) is 3. The summed E-state index contributed by atoms with van der Waals surface area (Å²) in [5.41, 5.74) is 1.69. The first kappa shape index (κ1) is 18.0. The van der Waals surface area contributed by atoms with Gasteiger partial charge in [-0.25, -0.2) is 0 Å². The van der Waals surface area contributed by atoms with E-state index in [-0.39, 0.29) is 5.78 Å². The van der Waals surface area contributed by atoms with Crippen molar-refractivity contribution in [2.45, 2.75) is 12.8 Å². The molecule has 0 aromatic heterocycles. The third-order valence-electron chi connectivity index (χ3n) is 3.63. The predicted octanol–water partition coefficient (Wildman–Crippen LogP) is 4.30. The molecule has 0 spiro atoms. The summed E-state index contributed by atoms with van der Waals surface area (Å²) in [5, 5.41) is 0. The number of rotatable bonds is 9.